The maximum atomic E-state index is 4.84. The number of benzene rings is 2. The van der Waals surface area contributed by atoms with Crippen molar-refractivity contribution in [3.8, 4) is 11.3 Å². The van der Waals surface area contributed by atoms with Gasteiger partial charge in [-0.2, -0.15) is 5.10 Å². The van der Waals surface area contributed by atoms with Gasteiger partial charge in [0.15, 0.2) is 0 Å². The molecule has 22 heavy (non-hydrogen) atoms. The lowest BCUT2D eigenvalue weighted by Crippen LogP contribution is -2.16. The topological polar surface area (TPSA) is 33.1 Å². The van der Waals surface area contributed by atoms with Crippen LogP contribution in [-0.2, 0) is 6.54 Å². The van der Waals surface area contributed by atoms with Gasteiger partial charge in [0.25, 0.3) is 0 Å². The maximum Gasteiger partial charge on any atom is 0.0951 e. The zero-order valence-corrected chi connectivity index (χ0v) is 13.0. The van der Waals surface area contributed by atoms with Crippen LogP contribution in [0.1, 0.15) is 6.42 Å². The molecular weight excluding hydrogens is 272 g/mol. The van der Waals surface area contributed by atoms with Gasteiger partial charge in [-0.1, -0.05) is 24.3 Å². The van der Waals surface area contributed by atoms with Gasteiger partial charge in [0.2, 0.25) is 0 Å². The number of hydrogen-bond acceptors (Lipinski definition) is 3. The van der Waals surface area contributed by atoms with Crippen molar-refractivity contribution in [3.05, 3.63) is 42.5 Å². The third kappa shape index (κ3) is 2.07. The summed E-state index contributed by atoms with van der Waals surface area (Å²) in [5, 5.41) is 9.61. The molecule has 1 N–H and O–H groups in total. The lowest BCUT2D eigenvalue weighted by molar-refractivity contribution is 0.382. The van der Waals surface area contributed by atoms with E-state index in [0.717, 1.165) is 36.4 Å². The zero-order valence-electron chi connectivity index (χ0n) is 13.0. The van der Waals surface area contributed by atoms with Crippen LogP contribution in [-0.4, -0.2) is 35.3 Å². The molecule has 0 amide bonds. The van der Waals surface area contributed by atoms with E-state index in [1.807, 2.05) is 0 Å². The third-order valence-electron chi connectivity index (χ3n) is 4.19. The van der Waals surface area contributed by atoms with Crippen molar-refractivity contribution in [2.24, 2.45) is 0 Å². The van der Waals surface area contributed by atoms with Gasteiger partial charge >= 0.3 is 0 Å². The lowest BCUT2D eigenvalue weighted by Gasteiger charge is -2.20. The van der Waals surface area contributed by atoms with Crippen LogP contribution in [0.4, 0.5) is 11.4 Å². The molecule has 0 spiro atoms. The van der Waals surface area contributed by atoms with E-state index in [1.54, 1.807) is 0 Å². The third-order valence-corrected chi connectivity index (χ3v) is 4.19. The Morgan fingerprint density at radius 3 is 2.73 bits per heavy atom. The van der Waals surface area contributed by atoms with Gasteiger partial charge in [-0.15, -0.1) is 0 Å². The SMILES string of the molecule is CN(C)CCCn1nc2cccc3c2c1-c1ccccc1N3. The molecule has 0 atom stereocenters. The highest BCUT2D eigenvalue weighted by Gasteiger charge is 2.22. The number of nitrogens with zero attached hydrogens (tertiary/aromatic N) is 3. The van der Waals surface area contributed by atoms with E-state index in [-0.39, 0.29) is 0 Å². The Kier molecular flexibility index (Phi) is 3.12. The van der Waals surface area contributed by atoms with Crippen molar-refractivity contribution in [1.82, 2.24) is 14.7 Å². The van der Waals surface area contributed by atoms with Crippen molar-refractivity contribution in [3.63, 3.8) is 0 Å². The minimum Gasteiger partial charge on any atom is -0.354 e. The number of para-hydroxylation sites is 1. The number of fused-ring (bicyclic) bond motifs is 2. The standard InChI is InChI=1S/C18H20N4/c1-21(2)11-6-12-22-18-13-7-3-4-8-14(13)19-15-9-5-10-16(20-22)17(15)18/h3-5,7-10,19H,6,11-12H2,1-2H3. The molecule has 0 fully saturated rings. The summed E-state index contributed by atoms with van der Waals surface area (Å²) in [4.78, 5) is 2.22. The predicted octanol–water partition coefficient (Wildman–Crippen LogP) is 3.71. The van der Waals surface area contributed by atoms with Crippen LogP contribution < -0.4 is 5.32 Å². The number of aromatic nitrogens is 2. The summed E-state index contributed by atoms with van der Waals surface area (Å²) >= 11 is 0. The molecule has 1 aliphatic rings. The predicted molar refractivity (Wildman–Crippen MR) is 91.6 cm³/mol. The summed E-state index contributed by atoms with van der Waals surface area (Å²) < 4.78 is 2.18. The van der Waals surface area contributed by atoms with Crippen LogP contribution in [0.5, 0.6) is 0 Å². The molecule has 0 saturated carbocycles. The Labute approximate surface area is 130 Å². The molecule has 0 bridgehead atoms. The summed E-state index contributed by atoms with van der Waals surface area (Å²) in [5.74, 6) is 0. The summed E-state index contributed by atoms with van der Waals surface area (Å²) in [6.07, 6.45) is 1.10. The van der Waals surface area contributed by atoms with Crippen LogP contribution >= 0.6 is 0 Å². The van der Waals surface area contributed by atoms with Crippen LogP contribution in [0.3, 0.4) is 0 Å². The molecule has 0 unspecified atom stereocenters. The van der Waals surface area contributed by atoms with Crippen molar-refractivity contribution in [2.45, 2.75) is 13.0 Å². The van der Waals surface area contributed by atoms with Gasteiger partial charge in [-0.3, -0.25) is 4.68 Å². The summed E-state index contributed by atoms with van der Waals surface area (Å²) in [6, 6.07) is 14.8. The van der Waals surface area contributed by atoms with Gasteiger partial charge in [0.1, 0.15) is 0 Å². The van der Waals surface area contributed by atoms with Crippen LogP contribution in [0, 0.1) is 0 Å². The van der Waals surface area contributed by atoms with E-state index in [2.05, 4.69) is 71.5 Å². The van der Waals surface area contributed by atoms with Gasteiger partial charge in [0, 0.05) is 17.8 Å². The number of aryl methyl sites for hydroxylation is 1. The molecule has 0 radical (unpaired) electrons. The first kappa shape index (κ1) is 13.3. The molecule has 4 rings (SSSR count). The number of anilines is 2. The molecule has 4 nitrogen and oxygen atoms in total. The summed E-state index contributed by atoms with van der Waals surface area (Å²) in [5.41, 5.74) is 5.88. The second kappa shape index (κ2) is 5.14. The first-order chi connectivity index (χ1) is 10.7. The summed E-state index contributed by atoms with van der Waals surface area (Å²) in [7, 11) is 4.22. The number of hydrogen-bond donors (Lipinski definition) is 1. The van der Waals surface area contributed by atoms with Crippen LogP contribution in [0.2, 0.25) is 0 Å². The Hall–Kier alpha value is -2.33. The van der Waals surface area contributed by atoms with Crippen molar-refractivity contribution < 1.29 is 0 Å². The second-order valence-electron chi connectivity index (χ2n) is 6.10. The Morgan fingerprint density at radius 2 is 1.86 bits per heavy atom. The van der Waals surface area contributed by atoms with Gasteiger partial charge in [0.05, 0.1) is 22.3 Å². The largest absolute Gasteiger partial charge is 0.354 e. The number of rotatable bonds is 4. The van der Waals surface area contributed by atoms with Crippen LogP contribution in [0.25, 0.3) is 22.2 Å². The Morgan fingerprint density at radius 1 is 1.05 bits per heavy atom. The molecule has 2 heterocycles. The molecule has 0 saturated heterocycles. The van der Waals surface area contributed by atoms with Crippen molar-refractivity contribution in [2.75, 3.05) is 26.0 Å². The zero-order chi connectivity index (χ0) is 15.1. The Balaban J connectivity index is 1.85. The molecule has 112 valence electrons. The van der Waals surface area contributed by atoms with Gasteiger partial charge < -0.3 is 10.2 Å². The monoisotopic (exact) mass is 292 g/mol. The average Bonchev–Trinajstić information content (AvgIpc) is 2.88. The minimum absolute atomic E-state index is 0.940. The molecule has 3 aromatic rings. The van der Waals surface area contributed by atoms with Gasteiger partial charge in [-0.25, -0.2) is 0 Å². The fourth-order valence-corrected chi connectivity index (χ4v) is 3.20. The average molecular weight is 292 g/mol. The highest BCUT2D eigenvalue weighted by atomic mass is 15.3. The summed E-state index contributed by atoms with van der Waals surface area (Å²) in [6.45, 7) is 2.01. The fraction of sp³-hybridized carbons (Fsp3) is 0.278. The van der Waals surface area contributed by atoms with E-state index in [0.29, 0.717) is 0 Å². The maximum absolute atomic E-state index is 4.84. The molecule has 0 aliphatic carbocycles. The molecule has 1 aliphatic heterocycles. The molecule has 4 heteroatoms. The van der Waals surface area contributed by atoms with Crippen LogP contribution in [0.15, 0.2) is 42.5 Å². The first-order valence-electron chi connectivity index (χ1n) is 7.75. The lowest BCUT2D eigenvalue weighted by atomic mass is 10.00. The smallest absolute Gasteiger partial charge is 0.0951 e. The van der Waals surface area contributed by atoms with Crippen molar-refractivity contribution >= 4 is 22.3 Å². The van der Waals surface area contributed by atoms with E-state index < -0.39 is 0 Å². The fourth-order valence-electron chi connectivity index (χ4n) is 3.20. The normalized spacial score (nSPS) is 12.5. The minimum atomic E-state index is 0.940. The van der Waals surface area contributed by atoms with E-state index in [9.17, 15) is 0 Å². The molecule has 2 aromatic carbocycles. The molecule has 1 aromatic heterocycles. The van der Waals surface area contributed by atoms with Crippen molar-refractivity contribution in [1.29, 1.82) is 0 Å². The first-order valence-corrected chi connectivity index (χ1v) is 7.75. The Bertz CT molecular complexity index is 832. The quantitative estimate of drug-likeness (QED) is 0.622. The number of nitrogens with one attached hydrogen (secondary N) is 1. The van der Waals surface area contributed by atoms with E-state index >= 15 is 0 Å². The second-order valence-corrected chi connectivity index (χ2v) is 6.10. The molecular formula is C18H20N4. The van der Waals surface area contributed by atoms with Gasteiger partial charge in [-0.05, 0) is 45.3 Å². The van der Waals surface area contributed by atoms with E-state index in [4.69, 9.17) is 5.10 Å². The van der Waals surface area contributed by atoms with E-state index in [1.165, 1.54) is 16.6 Å². The highest BCUT2D eigenvalue weighted by Crippen LogP contribution is 2.43. The highest BCUT2D eigenvalue weighted by molar-refractivity contribution is 6.09.